The van der Waals surface area contributed by atoms with Crippen LogP contribution in [0.5, 0.6) is 0 Å². The van der Waals surface area contributed by atoms with Gasteiger partial charge in [0.25, 0.3) is 0 Å². The quantitative estimate of drug-likeness (QED) is 0.853. The van der Waals surface area contributed by atoms with Crippen molar-refractivity contribution in [2.75, 3.05) is 18.4 Å². The average molecular weight is 259 g/mol. The predicted molar refractivity (Wildman–Crippen MR) is 67.9 cm³/mol. The third kappa shape index (κ3) is 4.66. The number of para-hydroxylation sites is 1. The summed E-state index contributed by atoms with van der Waals surface area (Å²) < 4.78 is 0. The van der Waals surface area contributed by atoms with E-state index in [1.54, 1.807) is 24.3 Å². The Balaban J connectivity index is 2.40. The van der Waals surface area contributed by atoms with Crippen molar-refractivity contribution in [3.8, 4) is 0 Å². The Morgan fingerprint density at radius 3 is 2.62 bits per heavy atom. The van der Waals surface area contributed by atoms with Gasteiger partial charge in [-0.25, -0.2) is 0 Å². The second-order valence-electron chi connectivity index (χ2n) is 3.15. The van der Waals surface area contributed by atoms with Crippen LogP contribution in [0.25, 0.3) is 0 Å². The lowest BCUT2D eigenvalue weighted by Gasteiger charge is -2.07. The summed E-state index contributed by atoms with van der Waals surface area (Å²) in [6, 6.07) is 7.05. The van der Waals surface area contributed by atoms with Crippen LogP contribution in [0.3, 0.4) is 0 Å². The molecule has 1 aromatic carbocycles. The van der Waals surface area contributed by atoms with Crippen LogP contribution in [0.15, 0.2) is 35.9 Å². The molecule has 0 bridgehead atoms. The SMILES string of the molecule is C=C(Cl)CNCC(=O)Nc1ccccc1Cl. The Bertz CT molecular complexity index is 393. The van der Waals surface area contributed by atoms with E-state index in [2.05, 4.69) is 17.2 Å². The number of halogens is 2. The molecular formula is C11H12Cl2N2O. The second-order valence-corrected chi connectivity index (χ2v) is 4.09. The van der Waals surface area contributed by atoms with Crippen molar-refractivity contribution in [2.24, 2.45) is 0 Å². The maximum atomic E-state index is 11.4. The number of carbonyl (C=O) groups excluding carboxylic acids is 1. The number of nitrogens with one attached hydrogen (secondary N) is 2. The Morgan fingerprint density at radius 2 is 2.00 bits per heavy atom. The van der Waals surface area contributed by atoms with Gasteiger partial charge in [-0.1, -0.05) is 41.9 Å². The molecule has 86 valence electrons. The second kappa shape index (κ2) is 6.53. The highest BCUT2D eigenvalue weighted by atomic mass is 35.5. The smallest absolute Gasteiger partial charge is 0.238 e. The van der Waals surface area contributed by atoms with Crippen molar-refractivity contribution in [1.29, 1.82) is 0 Å². The third-order valence-electron chi connectivity index (χ3n) is 1.75. The van der Waals surface area contributed by atoms with Gasteiger partial charge >= 0.3 is 0 Å². The molecule has 1 aromatic rings. The van der Waals surface area contributed by atoms with Crippen molar-refractivity contribution in [1.82, 2.24) is 5.32 Å². The van der Waals surface area contributed by atoms with Gasteiger partial charge in [-0.05, 0) is 12.1 Å². The fourth-order valence-corrected chi connectivity index (χ4v) is 1.35. The van der Waals surface area contributed by atoms with E-state index >= 15 is 0 Å². The molecular weight excluding hydrogens is 247 g/mol. The maximum absolute atomic E-state index is 11.4. The van der Waals surface area contributed by atoms with Gasteiger partial charge in [-0.2, -0.15) is 0 Å². The largest absolute Gasteiger partial charge is 0.324 e. The highest BCUT2D eigenvalue weighted by Crippen LogP contribution is 2.19. The summed E-state index contributed by atoms with van der Waals surface area (Å²) in [6.45, 7) is 4.06. The van der Waals surface area contributed by atoms with E-state index in [9.17, 15) is 4.79 Å². The zero-order valence-corrected chi connectivity index (χ0v) is 10.1. The molecule has 0 fully saturated rings. The lowest BCUT2D eigenvalue weighted by atomic mass is 10.3. The standard InChI is InChI=1S/C11H12Cl2N2O/c1-8(12)6-14-7-11(16)15-10-5-3-2-4-9(10)13/h2-5,14H,1,6-7H2,(H,15,16). The lowest BCUT2D eigenvalue weighted by molar-refractivity contribution is -0.115. The van der Waals surface area contributed by atoms with Crippen LogP contribution < -0.4 is 10.6 Å². The molecule has 0 aliphatic heterocycles. The molecule has 0 aromatic heterocycles. The molecule has 1 amide bonds. The zero-order chi connectivity index (χ0) is 12.0. The molecule has 0 unspecified atom stereocenters. The Kier molecular flexibility index (Phi) is 5.32. The first-order chi connectivity index (χ1) is 7.59. The van der Waals surface area contributed by atoms with Crippen molar-refractivity contribution in [3.63, 3.8) is 0 Å². The predicted octanol–water partition coefficient (Wildman–Crippen LogP) is 2.62. The van der Waals surface area contributed by atoms with E-state index in [1.165, 1.54) is 0 Å². The Labute approximate surface area is 104 Å². The molecule has 0 aliphatic rings. The topological polar surface area (TPSA) is 41.1 Å². The minimum absolute atomic E-state index is 0.164. The highest BCUT2D eigenvalue weighted by molar-refractivity contribution is 6.33. The number of amides is 1. The average Bonchev–Trinajstić information content (AvgIpc) is 2.21. The number of hydrogen-bond acceptors (Lipinski definition) is 2. The van der Waals surface area contributed by atoms with Crippen molar-refractivity contribution < 1.29 is 4.79 Å². The minimum Gasteiger partial charge on any atom is -0.324 e. The van der Waals surface area contributed by atoms with Crippen LogP contribution in [0.2, 0.25) is 5.02 Å². The van der Waals surface area contributed by atoms with Gasteiger partial charge in [0.15, 0.2) is 0 Å². The molecule has 0 saturated carbocycles. The molecule has 3 nitrogen and oxygen atoms in total. The van der Waals surface area contributed by atoms with Crippen LogP contribution in [0.1, 0.15) is 0 Å². The van der Waals surface area contributed by atoms with Gasteiger partial charge in [-0.3, -0.25) is 4.79 Å². The molecule has 0 saturated heterocycles. The van der Waals surface area contributed by atoms with Gasteiger partial charge in [-0.15, -0.1) is 0 Å². The van der Waals surface area contributed by atoms with E-state index in [-0.39, 0.29) is 12.5 Å². The molecule has 0 aliphatic carbocycles. The minimum atomic E-state index is -0.175. The van der Waals surface area contributed by atoms with Gasteiger partial charge in [0.2, 0.25) is 5.91 Å². The van der Waals surface area contributed by atoms with Crippen molar-refractivity contribution in [3.05, 3.63) is 40.9 Å². The molecule has 0 radical (unpaired) electrons. The van der Waals surface area contributed by atoms with Crippen LogP contribution in [0, 0.1) is 0 Å². The number of anilines is 1. The van der Waals surface area contributed by atoms with Gasteiger partial charge < -0.3 is 10.6 Å². The highest BCUT2D eigenvalue weighted by Gasteiger charge is 2.04. The van der Waals surface area contributed by atoms with Crippen molar-refractivity contribution in [2.45, 2.75) is 0 Å². The summed E-state index contributed by atoms with van der Waals surface area (Å²) in [4.78, 5) is 11.4. The number of benzene rings is 1. The normalized spacial score (nSPS) is 9.88. The first-order valence-corrected chi connectivity index (χ1v) is 5.43. The summed E-state index contributed by atoms with van der Waals surface area (Å²) in [7, 11) is 0. The van der Waals surface area contributed by atoms with Gasteiger partial charge in [0, 0.05) is 11.6 Å². The number of hydrogen-bond donors (Lipinski definition) is 2. The van der Waals surface area contributed by atoms with E-state index < -0.39 is 0 Å². The summed E-state index contributed by atoms with van der Waals surface area (Å²) in [5.74, 6) is -0.175. The van der Waals surface area contributed by atoms with Crippen LogP contribution >= 0.6 is 23.2 Å². The monoisotopic (exact) mass is 258 g/mol. The Hall–Kier alpha value is -1.03. The number of rotatable bonds is 5. The van der Waals surface area contributed by atoms with Crippen LogP contribution in [-0.4, -0.2) is 19.0 Å². The third-order valence-corrected chi connectivity index (χ3v) is 2.21. The van der Waals surface area contributed by atoms with Crippen molar-refractivity contribution >= 4 is 34.8 Å². The summed E-state index contributed by atoms with van der Waals surface area (Å²) >= 11 is 11.4. The lowest BCUT2D eigenvalue weighted by Crippen LogP contribution is -2.28. The van der Waals surface area contributed by atoms with E-state index in [4.69, 9.17) is 23.2 Å². The summed E-state index contributed by atoms with van der Waals surface area (Å²) in [6.07, 6.45) is 0. The molecule has 5 heteroatoms. The molecule has 0 spiro atoms. The molecule has 16 heavy (non-hydrogen) atoms. The maximum Gasteiger partial charge on any atom is 0.238 e. The first kappa shape index (κ1) is 13.0. The molecule has 0 atom stereocenters. The number of carbonyl (C=O) groups is 1. The summed E-state index contributed by atoms with van der Waals surface area (Å²) in [5.41, 5.74) is 0.598. The first-order valence-electron chi connectivity index (χ1n) is 4.68. The zero-order valence-electron chi connectivity index (χ0n) is 8.59. The van der Waals surface area contributed by atoms with Crippen LogP contribution in [0.4, 0.5) is 5.69 Å². The fourth-order valence-electron chi connectivity index (χ4n) is 1.07. The van der Waals surface area contributed by atoms with Crippen LogP contribution in [-0.2, 0) is 4.79 Å². The molecule has 1 rings (SSSR count). The van der Waals surface area contributed by atoms with Gasteiger partial charge in [0.05, 0.1) is 17.3 Å². The van der Waals surface area contributed by atoms with E-state index in [1.807, 2.05) is 0 Å². The Morgan fingerprint density at radius 1 is 1.31 bits per heavy atom. The fraction of sp³-hybridized carbons (Fsp3) is 0.182. The van der Waals surface area contributed by atoms with E-state index in [0.29, 0.717) is 22.3 Å². The van der Waals surface area contributed by atoms with E-state index in [0.717, 1.165) is 0 Å². The van der Waals surface area contributed by atoms with Gasteiger partial charge in [0.1, 0.15) is 0 Å². The molecule has 2 N–H and O–H groups in total. The summed E-state index contributed by atoms with van der Waals surface area (Å²) in [5, 5.41) is 6.49. The molecule has 0 heterocycles.